The first-order valence-corrected chi connectivity index (χ1v) is 14.0. The van der Waals surface area contributed by atoms with Gasteiger partial charge in [-0.3, -0.25) is 13.9 Å². The molecule has 0 spiro atoms. The molecule has 0 aliphatic rings. The summed E-state index contributed by atoms with van der Waals surface area (Å²) in [6.45, 7) is 4.69. The highest BCUT2D eigenvalue weighted by Crippen LogP contribution is 2.27. The summed E-state index contributed by atoms with van der Waals surface area (Å²) in [6, 6.07) is 18.6. The summed E-state index contributed by atoms with van der Waals surface area (Å²) in [5, 5.41) is 3.34. The Morgan fingerprint density at radius 1 is 0.947 bits per heavy atom. The van der Waals surface area contributed by atoms with Crippen molar-refractivity contribution < 1.29 is 22.4 Å². The van der Waals surface area contributed by atoms with Crippen LogP contribution in [0.15, 0.2) is 83.8 Å². The molecule has 3 aromatic carbocycles. The second-order valence-corrected chi connectivity index (χ2v) is 11.3. The van der Waals surface area contributed by atoms with E-state index in [1.807, 2.05) is 13.8 Å². The molecule has 0 fully saturated rings. The van der Waals surface area contributed by atoms with Gasteiger partial charge in [0.2, 0.25) is 11.8 Å². The molecule has 1 N–H and O–H groups in total. The van der Waals surface area contributed by atoms with Gasteiger partial charge in [0.15, 0.2) is 0 Å². The van der Waals surface area contributed by atoms with Crippen molar-refractivity contribution in [3.8, 4) is 0 Å². The lowest BCUT2D eigenvalue weighted by molar-refractivity contribution is -0.140. The maximum absolute atomic E-state index is 14.9. The van der Waals surface area contributed by atoms with Gasteiger partial charge in [0.05, 0.1) is 10.6 Å². The lowest BCUT2D eigenvalue weighted by atomic mass is 10.1. The Hall–Kier alpha value is -3.43. The van der Waals surface area contributed by atoms with Gasteiger partial charge in [0.25, 0.3) is 10.0 Å². The van der Waals surface area contributed by atoms with Crippen LogP contribution in [0.25, 0.3) is 0 Å². The van der Waals surface area contributed by atoms with Crippen LogP contribution in [0, 0.1) is 5.82 Å². The summed E-state index contributed by atoms with van der Waals surface area (Å²) in [5.41, 5.74) is 0.428. The Morgan fingerprint density at radius 2 is 1.55 bits per heavy atom. The highest BCUT2D eigenvalue weighted by molar-refractivity contribution is 7.92. The number of hydrogen-bond acceptors (Lipinski definition) is 4. The zero-order valence-electron chi connectivity index (χ0n) is 21.5. The lowest BCUT2D eigenvalue weighted by Gasteiger charge is -2.33. The molecule has 0 heterocycles. The Balaban J connectivity index is 2.06. The van der Waals surface area contributed by atoms with Gasteiger partial charge in [-0.05, 0) is 62.2 Å². The number of hydrogen-bond donors (Lipinski definition) is 1. The highest BCUT2D eigenvalue weighted by atomic mass is 35.5. The van der Waals surface area contributed by atoms with E-state index in [-0.39, 0.29) is 35.5 Å². The first-order chi connectivity index (χ1) is 18.0. The van der Waals surface area contributed by atoms with Crippen LogP contribution >= 0.6 is 11.6 Å². The molecule has 38 heavy (non-hydrogen) atoms. The lowest BCUT2D eigenvalue weighted by Crippen LogP contribution is -2.53. The van der Waals surface area contributed by atoms with Crippen LogP contribution in [0.3, 0.4) is 0 Å². The molecule has 0 saturated carbocycles. The highest BCUT2D eigenvalue weighted by Gasteiger charge is 2.34. The number of para-hydroxylation sites is 1. The van der Waals surface area contributed by atoms with E-state index in [0.29, 0.717) is 10.6 Å². The number of carbonyl (C=O) groups excluding carboxylic acids is 2. The third-order valence-corrected chi connectivity index (χ3v) is 7.84. The van der Waals surface area contributed by atoms with Gasteiger partial charge >= 0.3 is 0 Å². The Kier molecular flexibility index (Phi) is 9.88. The Labute approximate surface area is 228 Å². The summed E-state index contributed by atoms with van der Waals surface area (Å²) in [7, 11) is -4.33. The molecule has 0 radical (unpaired) electrons. The number of anilines is 1. The van der Waals surface area contributed by atoms with E-state index in [2.05, 4.69) is 5.32 Å². The quantitative estimate of drug-likeness (QED) is 0.358. The van der Waals surface area contributed by atoms with E-state index in [1.165, 1.54) is 35.2 Å². The summed E-state index contributed by atoms with van der Waals surface area (Å²) in [4.78, 5) is 28.2. The van der Waals surface area contributed by atoms with Crippen LogP contribution in [-0.2, 0) is 26.2 Å². The number of amides is 2. The fraction of sp³-hybridized carbons (Fsp3) is 0.286. The van der Waals surface area contributed by atoms with Crippen molar-refractivity contribution in [1.29, 1.82) is 0 Å². The van der Waals surface area contributed by atoms with Crippen LogP contribution in [0.1, 0.15) is 32.8 Å². The van der Waals surface area contributed by atoms with Crippen molar-refractivity contribution >= 4 is 39.1 Å². The van der Waals surface area contributed by atoms with Crippen molar-refractivity contribution in [3.63, 3.8) is 0 Å². The fourth-order valence-corrected chi connectivity index (χ4v) is 5.54. The van der Waals surface area contributed by atoms with Crippen LogP contribution in [0.2, 0.25) is 5.02 Å². The van der Waals surface area contributed by atoms with Crippen LogP contribution < -0.4 is 9.62 Å². The smallest absolute Gasteiger partial charge is 0.264 e. The first-order valence-electron chi connectivity index (χ1n) is 12.2. The molecular weight excluding hydrogens is 529 g/mol. The monoisotopic (exact) mass is 559 g/mol. The molecule has 2 amide bonds. The van der Waals surface area contributed by atoms with Crippen molar-refractivity contribution in [1.82, 2.24) is 10.2 Å². The summed E-state index contributed by atoms with van der Waals surface area (Å²) >= 11 is 6.01. The molecule has 0 bridgehead atoms. The number of rotatable bonds is 11. The minimum Gasteiger partial charge on any atom is -0.352 e. The number of sulfonamides is 1. The van der Waals surface area contributed by atoms with Gasteiger partial charge in [-0.25, -0.2) is 12.8 Å². The largest absolute Gasteiger partial charge is 0.352 e. The molecule has 10 heteroatoms. The molecule has 202 valence electrons. The number of nitrogens with one attached hydrogen (secondary N) is 1. The SMILES string of the molecule is CC[C@@H](C(=O)NC(C)C)N(Cc1ccc(Cl)cc1)C(=O)CN(c1ccccc1F)S(=O)(=O)c1ccccc1. The molecule has 0 aliphatic carbocycles. The predicted octanol–water partition coefficient (Wildman–Crippen LogP) is 5.01. The zero-order chi connectivity index (χ0) is 27.9. The topological polar surface area (TPSA) is 86.8 Å². The Morgan fingerprint density at radius 3 is 2.13 bits per heavy atom. The van der Waals surface area contributed by atoms with E-state index < -0.39 is 34.3 Å². The molecule has 1 atom stereocenters. The number of nitrogens with zero attached hydrogens (tertiary/aromatic N) is 2. The van der Waals surface area contributed by atoms with Crippen LogP contribution in [0.5, 0.6) is 0 Å². The molecule has 3 rings (SSSR count). The van der Waals surface area contributed by atoms with Gasteiger partial charge in [0, 0.05) is 17.6 Å². The molecule has 0 saturated heterocycles. The minimum atomic E-state index is -4.33. The van der Waals surface area contributed by atoms with Gasteiger partial charge in [-0.1, -0.05) is 61.0 Å². The van der Waals surface area contributed by atoms with Crippen molar-refractivity contribution in [3.05, 3.63) is 95.3 Å². The second kappa shape index (κ2) is 12.9. The predicted molar refractivity (Wildman–Crippen MR) is 147 cm³/mol. The van der Waals surface area contributed by atoms with Crippen LogP contribution in [0.4, 0.5) is 10.1 Å². The zero-order valence-corrected chi connectivity index (χ0v) is 23.0. The summed E-state index contributed by atoms with van der Waals surface area (Å²) in [5.74, 6) is -1.82. The number of halogens is 2. The number of benzene rings is 3. The standard InChI is InChI=1S/C28H31ClFN3O4S/c1-4-25(28(35)31-20(2)3)32(18-21-14-16-22(29)17-15-21)27(34)19-33(26-13-9-8-12-24(26)30)38(36,37)23-10-6-5-7-11-23/h5-17,20,25H,4,18-19H2,1-3H3,(H,31,35)/t25-/m0/s1. The normalized spacial score (nSPS) is 12.2. The van der Waals surface area contributed by atoms with Crippen molar-refractivity contribution in [2.75, 3.05) is 10.8 Å². The first kappa shape index (κ1) is 29.1. The molecule has 7 nitrogen and oxygen atoms in total. The molecule has 0 unspecified atom stereocenters. The van der Waals surface area contributed by atoms with E-state index >= 15 is 0 Å². The van der Waals surface area contributed by atoms with Gasteiger partial charge in [-0.2, -0.15) is 0 Å². The third kappa shape index (κ3) is 7.11. The molecular formula is C28H31ClFN3O4S. The molecule has 0 aliphatic heterocycles. The second-order valence-electron chi connectivity index (χ2n) is 9.01. The van der Waals surface area contributed by atoms with E-state index in [0.717, 1.165) is 10.4 Å². The fourth-order valence-electron chi connectivity index (χ4n) is 3.97. The van der Waals surface area contributed by atoms with Gasteiger partial charge in [-0.15, -0.1) is 0 Å². The average Bonchev–Trinajstić information content (AvgIpc) is 2.88. The Bertz CT molecular complexity index is 1350. The molecule has 3 aromatic rings. The van der Waals surface area contributed by atoms with Crippen molar-refractivity contribution in [2.24, 2.45) is 0 Å². The van der Waals surface area contributed by atoms with Crippen molar-refractivity contribution in [2.45, 2.75) is 50.7 Å². The average molecular weight is 560 g/mol. The van der Waals surface area contributed by atoms with Crippen LogP contribution in [-0.4, -0.2) is 43.8 Å². The summed E-state index contributed by atoms with van der Waals surface area (Å²) in [6.07, 6.45) is 0.281. The number of carbonyl (C=O) groups is 2. The summed E-state index contributed by atoms with van der Waals surface area (Å²) < 4.78 is 43.0. The minimum absolute atomic E-state index is 0.0243. The van der Waals surface area contributed by atoms with E-state index in [1.54, 1.807) is 49.4 Å². The molecule has 0 aromatic heterocycles. The third-order valence-electron chi connectivity index (χ3n) is 5.81. The maximum Gasteiger partial charge on any atom is 0.264 e. The van der Waals surface area contributed by atoms with E-state index in [9.17, 15) is 22.4 Å². The van der Waals surface area contributed by atoms with Gasteiger partial charge < -0.3 is 10.2 Å². The maximum atomic E-state index is 14.9. The van der Waals surface area contributed by atoms with E-state index in [4.69, 9.17) is 11.6 Å². The van der Waals surface area contributed by atoms with Gasteiger partial charge in [0.1, 0.15) is 18.4 Å².